The maximum absolute atomic E-state index is 12.5. The third-order valence-corrected chi connectivity index (χ3v) is 6.31. The first-order valence-corrected chi connectivity index (χ1v) is 11.9. The minimum Gasteiger partial charge on any atom is -0.352 e. The number of hydrogen-bond donors (Lipinski definition) is 1. The highest BCUT2D eigenvalue weighted by Gasteiger charge is 2.12. The first-order chi connectivity index (χ1) is 16.0. The van der Waals surface area contributed by atoms with Crippen LogP contribution in [0.4, 0.5) is 0 Å². The topological polar surface area (TPSA) is 46.9 Å². The van der Waals surface area contributed by atoms with Gasteiger partial charge in [-0.1, -0.05) is 60.5 Å². The van der Waals surface area contributed by atoms with E-state index >= 15 is 0 Å². The third-order valence-electron chi connectivity index (χ3n) is 6.31. The molecule has 0 aliphatic heterocycles. The van der Waals surface area contributed by atoms with Crippen molar-refractivity contribution in [1.82, 2.24) is 14.9 Å². The van der Waals surface area contributed by atoms with E-state index in [1.807, 2.05) is 26.0 Å². The maximum Gasteiger partial charge on any atom is 0.251 e. The molecule has 0 bridgehead atoms. The van der Waals surface area contributed by atoms with Gasteiger partial charge in [0.25, 0.3) is 5.91 Å². The number of carbonyl (C=O) groups is 1. The number of nitrogens with one attached hydrogen (secondary N) is 1. The number of aryl methyl sites for hydroxylation is 4. The molecule has 0 radical (unpaired) electrons. The van der Waals surface area contributed by atoms with Crippen molar-refractivity contribution in [2.75, 3.05) is 6.54 Å². The van der Waals surface area contributed by atoms with Gasteiger partial charge in [0.15, 0.2) is 0 Å². The average Bonchev–Trinajstić information content (AvgIpc) is 3.14. The van der Waals surface area contributed by atoms with Gasteiger partial charge in [-0.3, -0.25) is 4.79 Å². The van der Waals surface area contributed by atoms with Crippen molar-refractivity contribution in [3.63, 3.8) is 0 Å². The van der Waals surface area contributed by atoms with E-state index in [0.29, 0.717) is 6.54 Å². The fourth-order valence-corrected chi connectivity index (χ4v) is 4.40. The summed E-state index contributed by atoms with van der Waals surface area (Å²) >= 11 is 0. The highest BCUT2D eigenvalue weighted by atomic mass is 16.1. The molecule has 0 spiro atoms. The van der Waals surface area contributed by atoms with Crippen LogP contribution in [0, 0.1) is 20.8 Å². The fraction of sp³-hybridized carbons (Fsp3) is 0.310. The second-order valence-corrected chi connectivity index (χ2v) is 8.91. The zero-order valence-electron chi connectivity index (χ0n) is 19.9. The Kier molecular flexibility index (Phi) is 7.23. The van der Waals surface area contributed by atoms with Crippen molar-refractivity contribution in [2.24, 2.45) is 0 Å². The van der Waals surface area contributed by atoms with Crippen molar-refractivity contribution >= 4 is 16.9 Å². The summed E-state index contributed by atoms with van der Waals surface area (Å²) in [6.45, 7) is 7.75. The smallest absolute Gasteiger partial charge is 0.251 e. The molecule has 0 atom stereocenters. The zero-order valence-corrected chi connectivity index (χ0v) is 19.9. The number of aromatic nitrogens is 2. The largest absolute Gasteiger partial charge is 0.352 e. The van der Waals surface area contributed by atoms with E-state index < -0.39 is 0 Å². The van der Waals surface area contributed by atoms with E-state index in [-0.39, 0.29) is 5.91 Å². The summed E-state index contributed by atoms with van der Waals surface area (Å²) in [6.07, 6.45) is 4.01. The van der Waals surface area contributed by atoms with Gasteiger partial charge >= 0.3 is 0 Å². The Balaban J connectivity index is 1.33. The summed E-state index contributed by atoms with van der Waals surface area (Å²) < 4.78 is 2.36. The average molecular weight is 440 g/mol. The quantitative estimate of drug-likeness (QED) is 0.318. The van der Waals surface area contributed by atoms with Gasteiger partial charge in [-0.25, -0.2) is 4.98 Å². The van der Waals surface area contributed by atoms with Gasteiger partial charge < -0.3 is 9.88 Å². The highest BCUT2D eigenvalue weighted by Crippen LogP contribution is 2.21. The van der Waals surface area contributed by atoms with Crippen LogP contribution in [0.5, 0.6) is 0 Å². The van der Waals surface area contributed by atoms with Gasteiger partial charge in [-0.2, -0.15) is 0 Å². The summed E-state index contributed by atoms with van der Waals surface area (Å²) in [7, 11) is 0. The minimum atomic E-state index is 0.0209. The fourth-order valence-electron chi connectivity index (χ4n) is 4.40. The van der Waals surface area contributed by atoms with Crippen molar-refractivity contribution in [2.45, 2.75) is 53.0 Å². The minimum absolute atomic E-state index is 0.0209. The SMILES string of the molecule is Cc1ccc(C(=O)NCCCCCc2nc3ccccc3n2Cc2ccccc2C)c(C)c1. The van der Waals surface area contributed by atoms with Crippen molar-refractivity contribution < 1.29 is 4.79 Å². The number of hydrogen-bond acceptors (Lipinski definition) is 2. The molecule has 0 aliphatic rings. The van der Waals surface area contributed by atoms with Gasteiger partial charge in [0.2, 0.25) is 0 Å². The first kappa shape index (κ1) is 22.8. The number of rotatable bonds is 9. The van der Waals surface area contributed by atoms with E-state index in [9.17, 15) is 4.79 Å². The van der Waals surface area contributed by atoms with Crippen LogP contribution in [0.25, 0.3) is 11.0 Å². The number of para-hydroxylation sites is 2. The Morgan fingerprint density at radius 2 is 1.67 bits per heavy atom. The molecule has 1 aromatic heterocycles. The number of imidazole rings is 1. The van der Waals surface area contributed by atoms with Crippen LogP contribution < -0.4 is 5.32 Å². The molecule has 33 heavy (non-hydrogen) atoms. The van der Waals surface area contributed by atoms with Gasteiger partial charge in [0.1, 0.15) is 5.82 Å². The molecule has 4 aromatic rings. The molecule has 1 amide bonds. The normalized spacial score (nSPS) is 11.1. The molecule has 0 fully saturated rings. The van der Waals surface area contributed by atoms with E-state index in [2.05, 4.69) is 71.4 Å². The maximum atomic E-state index is 12.5. The molecular weight excluding hydrogens is 406 g/mol. The Bertz CT molecular complexity index is 1250. The van der Waals surface area contributed by atoms with E-state index in [1.54, 1.807) is 0 Å². The molecule has 0 unspecified atom stereocenters. The number of unbranched alkanes of at least 4 members (excludes halogenated alkanes) is 2. The van der Waals surface area contributed by atoms with E-state index in [1.165, 1.54) is 22.2 Å². The lowest BCUT2D eigenvalue weighted by atomic mass is 10.1. The van der Waals surface area contributed by atoms with Crippen LogP contribution in [0.1, 0.15) is 57.7 Å². The van der Waals surface area contributed by atoms with Gasteiger partial charge in [-0.05, 0) is 68.5 Å². The van der Waals surface area contributed by atoms with Gasteiger partial charge in [-0.15, -0.1) is 0 Å². The van der Waals surface area contributed by atoms with Crippen molar-refractivity contribution in [3.05, 3.63) is 100 Å². The lowest BCUT2D eigenvalue weighted by molar-refractivity contribution is 0.0952. The van der Waals surface area contributed by atoms with Crippen LogP contribution in [0.15, 0.2) is 66.7 Å². The van der Waals surface area contributed by atoms with Crippen LogP contribution >= 0.6 is 0 Å². The molecule has 4 nitrogen and oxygen atoms in total. The summed E-state index contributed by atoms with van der Waals surface area (Å²) in [5.74, 6) is 1.16. The highest BCUT2D eigenvalue weighted by molar-refractivity contribution is 5.95. The molecule has 0 saturated carbocycles. The zero-order chi connectivity index (χ0) is 23.2. The molecule has 3 aromatic carbocycles. The van der Waals surface area contributed by atoms with Gasteiger partial charge in [0.05, 0.1) is 11.0 Å². The lowest BCUT2D eigenvalue weighted by Gasteiger charge is -2.12. The molecule has 170 valence electrons. The predicted octanol–water partition coefficient (Wildman–Crippen LogP) is 6.15. The van der Waals surface area contributed by atoms with E-state index in [4.69, 9.17) is 4.98 Å². The number of amides is 1. The first-order valence-electron chi connectivity index (χ1n) is 11.9. The molecule has 4 heteroatoms. The number of fused-ring (bicyclic) bond motifs is 1. The number of nitrogens with zero attached hydrogens (tertiary/aromatic N) is 2. The second kappa shape index (κ2) is 10.5. The van der Waals surface area contributed by atoms with Gasteiger partial charge in [0, 0.05) is 25.1 Å². The summed E-state index contributed by atoms with van der Waals surface area (Å²) in [5.41, 5.74) is 7.86. The van der Waals surface area contributed by atoms with Crippen molar-refractivity contribution in [1.29, 1.82) is 0 Å². The molecule has 1 N–H and O–H groups in total. The van der Waals surface area contributed by atoms with Crippen LogP contribution in [-0.4, -0.2) is 22.0 Å². The molecule has 0 saturated heterocycles. The van der Waals surface area contributed by atoms with Crippen molar-refractivity contribution in [3.8, 4) is 0 Å². The van der Waals surface area contributed by atoms with E-state index in [0.717, 1.165) is 54.7 Å². The summed E-state index contributed by atoms with van der Waals surface area (Å²) in [4.78, 5) is 17.4. The lowest BCUT2D eigenvalue weighted by Crippen LogP contribution is -2.25. The monoisotopic (exact) mass is 439 g/mol. The standard InChI is InChI=1S/C29H33N3O/c1-21-16-17-25(23(3)19-21)29(33)30-18-10-4-5-15-28-31-26-13-8-9-14-27(26)32(28)20-24-12-7-6-11-22(24)2/h6-9,11-14,16-17,19H,4-5,10,15,18,20H2,1-3H3,(H,30,33). The molecule has 4 rings (SSSR count). The van der Waals surface area contributed by atoms with Crippen LogP contribution in [-0.2, 0) is 13.0 Å². The summed E-state index contributed by atoms with van der Waals surface area (Å²) in [5, 5.41) is 3.07. The third kappa shape index (κ3) is 5.51. The Hall–Kier alpha value is -3.40. The predicted molar refractivity (Wildman–Crippen MR) is 136 cm³/mol. The molecule has 1 heterocycles. The number of benzene rings is 3. The second-order valence-electron chi connectivity index (χ2n) is 8.91. The molecular formula is C29H33N3O. The Morgan fingerprint density at radius 1 is 0.879 bits per heavy atom. The number of carbonyl (C=O) groups excluding carboxylic acids is 1. The Morgan fingerprint density at radius 3 is 2.48 bits per heavy atom. The summed E-state index contributed by atoms with van der Waals surface area (Å²) in [6, 6.07) is 22.9. The van der Waals surface area contributed by atoms with Crippen LogP contribution in [0.2, 0.25) is 0 Å². The molecule has 0 aliphatic carbocycles. The van der Waals surface area contributed by atoms with Crippen LogP contribution in [0.3, 0.4) is 0 Å². The Labute approximate surface area is 196 Å².